The smallest absolute Gasteiger partial charge is 0.339 e. The van der Waals surface area contributed by atoms with Gasteiger partial charge in [0.15, 0.2) is 0 Å². The molecule has 126 valence electrons. The molecule has 0 amide bonds. The molecule has 24 heavy (non-hydrogen) atoms. The summed E-state index contributed by atoms with van der Waals surface area (Å²) >= 11 is 3.42. The Hall–Kier alpha value is -1.85. The van der Waals surface area contributed by atoms with Crippen LogP contribution in [0.25, 0.3) is 0 Å². The van der Waals surface area contributed by atoms with Crippen LogP contribution < -0.4 is 10.1 Å². The fraction of sp³-hybridized carbons (Fsp3) is 0.316. The molecule has 0 bridgehead atoms. The van der Waals surface area contributed by atoms with Crippen LogP contribution in [0, 0.1) is 0 Å². The van der Waals surface area contributed by atoms with Gasteiger partial charge in [0.2, 0.25) is 0 Å². The lowest BCUT2D eigenvalue weighted by molar-refractivity contribution is -0.0378. The summed E-state index contributed by atoms with van der Waals surface area (Å²) in [5.41, 5.74) is 0.986. The Bertz CT molecular complexity index is 712. The standard InChI is InChI=1S/C19H20BrNO3/c1-23-17-8-7-14(13-16(17)20)18(22)24-19(9-11-21-12-10-19)15-5-3-2-4-6-15/h2-8,13,21H,9-12H2,1H3. The van der Waals surface area contributed by atoms with E-state index in [1.807, 2.05) is 30.3 Å². The molecule has 5 heteroatoms. The average molecular weight is 390 g/mol. The maximum absolute atomic E-state index is 12.7. The summed E-state index contributed by atoms with van der Waals surface area (Å²) in [6.07, 6.45) is 1.53. The van der Waals surface area contributed by atoms with Crippen molar-refractivity contribution in [3.63, 3.8) is 0 Å². The number of piperidine rings is 1. The summed E-state index contributed by atoms with van der Waals surface area (Å²) in [5.74, 6) is 0.371. The summed E-state index contributed by atoms with van der Waals surface area (Å²) in [6.45, 7) is 1.66. The van der Waals surface area contributed by atoms with Gasteiger partial charge in [0.05, 0.1) is 17.1 Å². The molecule has 2 aromatic carbocycles. The first-order valence-corrected chi connectivity index (χ1v) is 8.77. The normalized spacial score (nSPS) is 16.4. The maximum atomic E-state index is 12.7. The van der Waals surface area contributed by atoms with E-state index in [2.05, 4.69) is 21.2 Å². The van der Waals surface area contributed by atoms with E-state index in [4.69, 9.17) is 9.47 Å². The van der Waals surface area contributed by atoms with Crippen LogP contribution in [0.5, 0.6) is 5.75 Å². The highest BCUT2D eigenvalue weighted by atomic mass is 79.9. The molecular weight excluding hydrogens is 370 g/mol. The topological polar surface area (TPSA) is 47.6 Å². The summed E-state index contributed by atoms with van der Waals surface area (Å²) in [4.78, 5) is 12.7. The first kappa shape index (κ1) is 17.0. The molecule has 1 heterocycles. The van der Waals surface area contributed by atoms with Crippen LogP contribution in [0.2, 0.25) is 0 Å². The van der Waals surface area contributed by atoms with Crippen molar-refractivity contribution in [2.75, 3.05) is 20.2 Å². The monoisotopic (exact) mass is 389 g/mol. The molecule has 0 spiro atoms. The molecule has 1 fully saturated rings. The van der Waals surface area contributed by atoms with Gasteiger partial charge in [-0.3, -0.25) is 0 Å². The number of halogens is 1. The van der Waals surface area contributed by atoms with Gasteiger partial charge in [-0.1, -0.05) is 30.3 Å². The number of carbonyl (C=O) groups is 1. The van der Waals surface area contributed by atoms with Crippen molar-refractivity contribution in [2.24, 2.45) is 0 Å². The van der Waals surface area contributed by atoms with E-state index in [-0.39, 0.29) is 5.97 Å². The molecule has 4 nitrogen and oxygen atoms in total. The van der Waals surface area contributed by atoms with Crippen molar-refractivity contribution >= 4 is 21.9 Å². The van der Waals surface area contributed by atoms with Crippen LogP contribution in [0.4, 0.5) is 0 Å². The van der Waals surface area contributed by atoms with E-state index >= 15 is 0 Å². The van der Waals surface area contributed by atoms with Gasteiger partial charge in [0.25, 0.3) is 0 Å². The highest BCUT2D eigenvalue weighted by Gasteiger charge is 2.38. The van der Waals surface area contributed by atoms with Crippen LogP contribution in [0.1, 0.15) is 28.8 Å². The van der Waals surface area contributed by atoms with Gasteiger partial charge in [0.1, 0.15) is 11.4 Å². The average Bonchev–Trinajstić information content (AvgIpc) is 2.63. The second-order valence-electron chi connectivity index (χ2n) is 5.85. The largest absolute Gasteiger partial charge is 0.496 e. The zero-order valence-electron chi connectivity index (χ0n) is 13.5. The molecular formula is C19H20BrNO3. The second kappa shape index (κ2) is 7.36. The third-order valence-electron chi connectivity index (χ3n) is 4.39. The number of esters is 1. The Morgan fingerprint density at radius 3 is 2.46 bits per heavy atom. The predicted octanol–water partition coefficient (Wildman–Crippen LogP) is 3.89. The minimum absolute atomic E-state index is 0.316. The molecule has 1 saturated heterocycles. The van der Waals surface area contributed by atoms with Crippen LogP contribution >= 0.6 is 15.9 Å². The van der Waals surface area contributed by atoms with Crippen molar-refractivity contribution in [3.8, 4) is 5.75 Å². The Labute approximate surface area is 150 Å². The predicted molar refractivity (Wildman–Crippen MR) is 96.3 cm³/mol. The highest BCUT2D eigenvalue weighted by molar-refractivity contribution is 9.10. The van der Waals surface area contributed by atoms with E-state index in [0.29, 0.717) is 11.3 Å². The van der Waals surface area contributed by atoms with Crippen LogP contribution in [-0.4, -0.2) is 26.2 Å². The lowest BCUT2D eigenvalue weighted by atomic mass is 9.84. The highest BCUT2D eigenvalue weighted by Crippen LogP contribution is 2.36. The molecule has 3 rings (SSSR count). The van der Waals surface area contributed by atoms with Crippen molar-refractivity contribution < 1.29 is 14.3 Å². The molecule has 2 aromatic rings. The maximum Gasteiger partial charge on any atom is 0.339 e. The molecule has 0 aromatic heterocycles. The molecule has 0 unspecified atom stereocenters. The number of hydrogen-bond acceptors (Lipinski definition) is 4. The van der Waals surface area contributed by atoms with E-state index in [0.717, 1.165) is 36.0 Å². The van der Waals surface area contributed by atoms with Crippen LogP contribution in [-0.2, 0) is 10.3 Å². The minimum atomic E-state index is -0.573. The van der Waals surface area contributed by atoms with Crippen molar-refractivity contribution in [3.05, 3.63) is 64.1 Å². The van der Waals surface area contributed by atoms with E-state index in [9.17, 15) is 4.79 Å². The number of methoxy groups -OCH3 is 1. The number of ether oxygens (including phenoxy) is 2. The Morgan fingerprint density at radius 2 is 1.83 bits per heavy atom. The Balaban J connectivity index is 1.88. The van der Waals surface area contributed by atoms with Gasteiger partial charge >= 0.3 is 5.97 Å². The van der Waals surface area contributed by atoms with E-state index in [1.54, 1.807) is 25.3 Å². The lowest BCUT2D eigenvalue weighted by Gasteiger charge is -2.37. The fourth-order valence-electron chi connectivity index (χ4n) is 3.05. The number of hydrogen-bond donors (Lipinski definition) is 1. The molecule has 0 aliphatic carbocycles. The fourth-order valence-corrected chi connectivity index (χ4v) is 3.59. The number of nitrogens with one attached hydrogen (secondary N) is 1. The number of carbonyl (C=O) groups excluding carboxylic acids is 1. The Morgan fingerprint density at radius 1 is 1.12 bits per heavy atom. The number of rotatable bonds is 4. The Kier molecular flexibility index (Phi) is 5.21. The van der Waals surface area contributed by atoms with E-state index in [1.165, 1.54) is 0 Å². The van der Waals surface area contributed by atoms with Crippen molar-refractivity contribution in [1.82, 2.24) is 5.32 Å². The molecule has 1 aliphatic heterocycles. The summed E-state index contributed by atoms with van der Waals surface area (Å²) in [5, 5.41) is 3.33. The van der Waals surface area contributed by atoms with Crippen molar-refractivity contribution in [2.45, 2.75) is 18.4 Å². The summed E-state index contributed by atoms with van der Waals surface area (Å²) in [6, 6.07) is 15.2. The van der Waals surface area contributed by atoms with Gasteiger partial charge in [-0.25, -0.2) is 4.79 Å². The minimum Gasteiger partial charge on any atom is -0.496 e. The van der Waals surface area contributed by atoms with Gasteiger partial charge in [-0.15, -0.1) is 0 Å². The quantitative estimate of drug-likeness (QED) is 0.805. The molecule has 0 saturated carbocycles. The summed E-state index contributed by atoms with van der Waals surface area (Å²) in [7, 11) is 1.59. The first-order chi connectivity index (χ1) is 11.6. The molecule has 0 atom stereocenters. The third-order valence-corrected chi connectivity index (χ3v) is 5.01. The molecule has 1 aliphatic rings. The number of benzene rings is 2. The van der Waals surface area contributed by atoms with E-state index < -0.39 is 5.60 Å². The first-order valence-electron chi connectivity index (χ1n) is 7.98. The molecule has 0 radical (unpaired) electrons. The third kappa shape index (κ3) is 3.47. The molecule has 1 N–H and O–H groups in total. The second-order valence-corrected chi connectivity index (χ2v) is 6.70. The van der Waals surface area contributed by atoms with Gasteiger partial charge in [0, 0.05) is 12.8 Å². The van der Waals surface area contributed by atoms with Gasteiger partial charge in [-0.2, -0.15) is 0 Å². The van der Waals surface area contributed by atoms with Crippen LogP contribution in [0.15, 0.2) is 53.0 Å². The summed E-state index contributed by atoms with van der Waals surface area (Å²) < 4.78 is 12.0. The zero-order chi connectivity index (χ0) is 17.0. The SMILES string of the molecule is COc1ccc(C(=O)OC2(c3ccccc3)CCNCC2)cc1Br. The van der Waals surface area contributed by atoms with Gasteiger partial charge in [-0.05, 0) is 52.8 Å². The zero-order valence-corrected chi connectivity index (χ0v) is 15.1. The van der Waals surface area contributed by atoms with Crippen molar-refractivity contribution in [1.29, 1.82) is 0 Å². The lowest BCUT2D eigenvalue weighted by Crippen LogP contribution is -2.43. The van der Waals surface area contributed by atoms with Crippen LogP contribution in [0.3, 0.4) is 0 Å². The van der Waals surface area contributed by atoms with Gasteiger partial charge < -0.3 is 14.8 Å².